The zero-order valence-electron chi connectivity index (χ0n) is 16.0. The minimum Gasteiger partial charge on any atom is -0.336 e. The Kier molecular flexibility index (Phi) is 6.95. The number of urea groups is 1. The average molecular weight is 352 g/mol. The molecule has 0 aromatic heterocycles. The fourth-order valence-corrected chi connectivity index (χ4v) is 4.10. The second-order valence-electron chi connectivity index (χ2n) is 7.60. The Bertz CT molecular complexity index is 509. The van der Waals surface area contributed by atoms with Crippen LogP contribution in [0.15, 0.2) is 0 Å². The molecule has 25 heavy (non-hydrogen) atoms. The Balaban J connectivity index is 1.97. The van der Waals surface area contributed by atoms with Gasteiger partial charge in [0.1, 0.15) is 5.78 Å². The third-order valence-corrected chi connectivity index (χ3v) is 5.43. The Labute approximate surface area is 150 Å². The molecule has 2 aliphatic rings. The first-order valence-electron chi connectivity index (χ1n) is 9.29. The zero-order chi connectivity index (χ0) is 18.6. The van der Waals surface area contributed by atoms with E-state index in [4.69, 9.17) is 0 Å². The van der Waals surface area contributed by atoms with Crippen LogP contribution in [0.4, 0.5) is 4.79 Å². The van der Waals surface area contributed by atoms with E-state index < -0.39 is 0 Å². The Morgan fingerprint density at radius 3 is 2.68 bits per heavy atom. The molecule has 0 radical (unpaired) electrons. The highest BCUT2D eigenvalue weighted by Crippen LogP contribution is 2.36. The predicted octanol–water partition coefficient (Wildman–Crippen LogP) is 0.796. The van der Waals surface area contributed by atoms with Crippen molar-refractivity contribution in [3.05, 3.63) is 0 Å². The van der Waals surface area contributed by atoms with Crippen LogP contribution in [0.2, 0.25) is 0 Å². The minimum absolute atomic E-state index is 0.117. The van der Waals surface area contributed by atoms with E-state index in [1.54, 1.807) is 0 Å². The van der Waals surface area contributed by atoms with Gasteiger partial charge >= 0.3 is 6.03 Å². The van der Waals surface area contributed by atoms with Gasteiger partial charge in [0.2, 0.25) is 5.91 Å². The number of hydrogen-bond acceptors (Lipinski definition) is 5. The highest BCUT2D eigenvalue weighted by molar-refractivity contribution is 5.95. The third-order valence-electron chi connectivity index (χ3n) is 5.43. The normalized spacial score (nSPS) is 27.1. The topological polar surface area (TPSA) is 73.0 Å². The minimum atomic E-state index is -0.321. The molecule has 0 unspecified atom stereocenters. The molecule has 2 fully saturated rings. The van der Waals surface area contributed by atoms with Crippen LogP contribution in [0.25, 0.3) is 0 Å². The average Bonchev–Trinajstić information content (AvgIpc) is 2.54. The maximum Gasteiger partial charge on any atom is 0.324 e. The van der Waals surface area contributed by atoms with Crippen LogP contribution >= 0.6 is 0 Å². The number of ketones is 1. The summed E-state index contributed by atoms with van der Waals surface area (Å²) in [5.74, 6) is 0.214. The zero-order valence-corrected chi connectivity index (χ0v) is 16.0. The molecule has 7 heteroatoms. The van der Waals surface area contributed by atoms with Gasteiger partial charge in [0.05, 0.1) is 5.92 Å². The molecule has 0 spiro atoms. The highest BCUT2D eigenvalue weighted by Gasteiger charge is 2.41. The van der Waals surface area contributed by atoms with Gasteiger partial charge in [-0.15, -0.1) is 0 Å². The van der Waals surface area contributed by atoms with E-state index in [0.717, 1.165) is 13.0 Å². The van der Waals surface area contributed by atoms with Gasteiger partial charge in [-0.25, -0.2) is 4.79 Å². The molecule has 7 nitrogen and oxygen atoms in total. The van der Waals surface area contributed by atoms with Gasteiger partial charge in [-0.05, 0) is 46.8 Å². The molecule has 1 saturated carbocycles. The molecule has 1 saturated heterocycles. The summed E-state index contributed by atoms with van der Waals surface area (Å²) < 4.78 is 0. The maximum absolute atomic E-state index is 12.9. The number of amides is 3. The van der Waals surface area contributed by atoms with Gasteiger partial charge in [-0.2, -0.15) is 0 Å². The first-order chi connectivity index (χ1) is 11.8. The van der Waals surface area contributed by atoms with Gasteiger partial charge in [0.15, 0.2) is 0 Å². The molecule has 1 aliphatic heterocycles. The summed E-state index contributed by atoms with van der Waals surface area (Å²) in [6.45, 7) is 4.09. The van der Waals surface area contributed by atoms with Gasteiger partial charge in [-0.3, -0.25) is 14.5 Å². The molecule has 142 valence electrons. The lowest BCUT2D eigenvalue weighted by Crippen LogP contribution is -2.55. The van der Waals surface area contributed by atoms with E-state index in [1.807, 2.05) is 33.0 Å². The molecule has 0 aromatic carbocycles. The van der Waals surface area contributed by atoms with Crippen LogP contribution in [-0.4, -0.2) is 85.8 Å². The highest BCUT2D eigenvalue weighted by atomic mass is 16.2. The molecule has 2 rings (SSSR count). The molecule has 1 N–H and O–H groups in total. The summed E-state index contributed by atoms with van der Waals surface area (Å²) in [6, 6.07) is 0.0737. The monoisotopic (exact) mass is 352 g/mol. The van der Waals surface area contributed by atoms with Crippen molar-refractivity contribution in [2.24, 2.45) is 11.8 Å². The fraction of sp³-hybridized carbons (Fsp3) is 0.833. The second kappa shape index (κ2) is 8.76. The molecule has 1 heterocycles. The Morgan fingerprint density at radius 2 is 2.04 bits per heavy atom. The van der Waals surface area contributed by atoms with Crippen LogP contribution in [0.1, 0.15) is 32.6 Å². The largest absolute Gasteiger partial charge is 0.336 e. The van der Waals surface area contributed by atoms with E-state index >= 15 is 0 Å². The van der Waals surface area contributed by atoms with Gasteiger partial charge in [0.25, 0.3) is 0 Å². The molecule has 0 aromatic rings. The summed E-state index contributed by atoms with van der Waals surface area (Å²) in [7, 11) is 5.91. The summed E-state index contributed by atoms with van der Waals surface area (Å²) in [6.07, 6.45) is 2.82. The summed E-state index contributed by atoms with van der Waals surface area (Å²) >= 11 is 0. The van der Waals surface area contributed by atoms with Crippen LogP contribution in [-0.2, 0) is 9.59 Å². The molecule has 3 atom stereocenters. The number of piperidine rings is 1. The predicted molar refractivity (Wildman–Crippen MR) is 96.2 cm³/mol. The van der Waals surface area contributed by atoms with Crippen LogP contribution in [0, 0.1) is 11.8 Å². The molecular formula is C18H32N4O3. The van der Waals surface area contributed by atoms with Crippen molar-refractivity contribution >= 4 is 17.7 Å². The van der Waals surface area contributed by atoms with E-state index in [0.29, 0.717) is 50.7 Å². The number of imide groups is 1. The van der Waals surface area contributed by atoms with Gasteiger partial charge in [0, 0.05) is 45.1 Å². The number of nitrogens with one attached hydrogen (secondary N) is 1. The number of likely N-dealkylation sites (tertiary alicyclic amines) is 1. The van der Waals surface area contributed by atoms with Gasteiger partial charge in [-0.1, -0.05) is 0 Å². The van der Waals surface area contributed by atoms with E-state index in [1.165, 1.54) is 4.90 Å². The van der Waals surface area contributed by atoms with Gasteiger partial charge < -0.3 is 15.1 Å². The van der Waals surface area contributed by atoms with E-state index in [9.17, 15) is 14.4 Å². The van der Waals surface area contributed by atoms with Crippen molar-refractivity contribution in [2.45, 2.75) is 38.6 Å². The number of Topliss-reactive ketones (excluding diaryl/α,β-unsaturated/α-hetero) is 1. The quantitative estimate of drug-likeness (QED) is 0.792. The number of nitrogens with zero attached hydrogens (tertiary/aromatic N) is 3. The van der Waals surface area contributed by atoms with Crippen LogP contribution in [0.3, 0.4) is 0 Å². The number of fused-ring (bicyclic) bond motifs is 1. The second-order valence-corrected chi connectivity index (χ2v) is 7.60. The SMILES string of the molecule is CCN(C(=O)NCCN(C)C)C(=O)[C@@H]1C[C@@H]2CC(=O)CC[C@H]2N(C)C1. The lowest BCUT2D eigenvalue weighted by atomic mass is 9.74. The number of carbonyl (C=O) groups excluding carboxylic acids is 3. The first-order valence-corrected chi connectivity index (χ1v) is 9.29. The standard InChI is InChI=1S/C18H32N4O3/c1-5-22(18(25)19-8-9-20(2)3)17(24)14-10-13-11-15(23)6-7-16(13)21(4)12-14/h13-14,16H,5-12H2,1-4H3,(H,19,25)/t13-,14-,16-/m1/s1. The lowest BCUT2D eigenvalue weighted by Gasteiger charge is -2.45. The molecule has 0 bridgehead atoms. The fourth-order valence-electron chi connectivity index (χ4n) is 4.10. The summed E-state index contributed by atoms with van der Waals surface area (Å²) in [4.78, 5) is 42.6. The number of carbonyl (C=O) groups is 3. The molecule has 1 aliphatic carbocycles. The smallest absolute Gasteiger partial charge is 0.324 e. The van der Waals surface area contributed by atoms with Crippen molar-refractivity contribution in [1.82, 2.24) is 20.0 Å². The van der Waals surface area contributed by atoms with Crippen molar-refractivity contribution in [2.75, 3.05) is 47.3 Å². The number of likely N-dealkylation sites (N-methyl/N-ethyl adjacent to an activating group) is 1. The maximum atomic E-state index is 12.9. The first kappa shape index (κ1) is 19.8. The number of rotatable bonds is 5. The third kappa shape index (κ3) is 5.01. The Morgan fingerprint density at radius 1 is 1.32 bits per heavy atom. The van der Waals surface area contributed by atoms with E-state index in [-0.39, 0.29) is 23.8 Å². The van der Waals surface area contributed by atoms with Crippen molar-refractivity contribution in [3.63, 3.8) is 0 Å². The molecular weight excluding hydrogens is 320 g/mol. The summed E-state index contributed by atoms with van der Waals surface area (Å²) in [5, 5.41) is 2.82. The number of hydrogen-bond donors (Lipinski definition) is 1. The summed E-state index contributed by atoms with van der Waals surface area (Å²) in [5.41, 5.74) is 0. The van der Waals surface area contributed by atoms with Crippen molar-refractivity contribution in [1.29, 1.82) is 0 Å². The van der Waals surface area contributed by atoms with Crippen molar-refractivity contribution < 1.29 is 14.4 Å². The van der Waals surface area contributed by atoms with Crippen LogP contribution < -0.4 is 5.32 Å². The Hall–Kier alpha value is -1.47. The van der Waals surface area contributed by atoms with Crippen molar-refractivity contribution in [3.8, 4) is 0 Å². The molecule has 3 amide bonds. The van der Waals surface area contributed by atoms with Crippen LogP contribution in [0.5, 0.6) is 0 Å². The van der Waals surface area contributed by atoms with E-state index in [2.05, 4.69) is 10.2 Å². The lowest BCUT2D eigenvalue weighted by molar-refractivity contribution is -0.138.